The summed E-state index contributed by atoms with van der Waals surface area (Å²) in [5.74, 6) is -0.246. The Morgan fingerprint density at radius 3 is 1.71 bits per heavy atom. The third-order valence-corrected chi connectivity index (χ3v) is 13.0. The van der Waals surface area contributed by atoms with Gasteiger partial charge in [0.2, 0.25) is 0 Å². The van der Waals surface area contributed by atoms with Crippen LogP contribution in [-0.4, -0.2) is 4.57 Å². The molecule has 0 fully saturated rings. The van der Waals surface area contributed by atoms with Crippen LogP contribution in [-0.2, 0) is 5.41 Å². The zero-order valence-electron chi connectivity index (χ0n) is 31.3. The SMILES string of the molecule is Fc1ccc(-n2c3ccccc3c3ccc(N(c4ccccc4)c4ccc(-c5ccc6c(c5)C57c8ccccc8-c8cccc(c85)-c5cccc-6c57)cc4)cc32)cc1. The lowest BCUT2D eigenvalue weighted by molar-refractivity contribution is 0.627. The zero-order valence-corrected chi connectivity index (χ0v) is 31.3. The second-order valence-corrected chi connectivity index (χ2v) is 15.8. The van der Waals surface area contributed by atoms with Gasteiger partial charge in [0, 0.05) is 33.5 Å². The highest BCUT2D eigenvalue weighted by molar-refractivity contribution is 6.11. The molecule has 10 aromatic rings. The minimum Gasteiger partial charge on any atom is -0.310 e. The molecule has 0 bridgehead atoms. The van der Waals surface area contributed by atoms with E-state index in [1.807, 2.05) is 12.1 Å². The Kier molecular flexibility index (Phi) is 6.30. The molecule has 2 nitrogen and oxygen atoms in total. The summed E-state index contributed by atoms with van der Waals surface area (Å²) >= 11 is 0. The van der Waals surface area contributed by atoms with Crippen LogP contribution >= 0.6 is 0 Å². The van der Waals surface area contributed by atoms with Gasteiger partial charge in [-0.1, -0.05) is 127 Å². The van der Waals surface area contributed by atoms with Gasteiger partial charge in [-0.3, -0.25) is 0 Å². The number of nitrogens with zero attached hydrogens (tertiary/aromatic N) is 2. The van der Waals surface area contributed by atoms with Crippen molar-refractivity contribution >= 4 is 38.9 Å². The summed E-state index contributed by atoms with van der Waals surface area (Å²) in [5, 5.41) is 2.31. The Hall–Kier alpha value is -7.49. The molecule has 270 valence electrons. The Labute approximate surface area is 335 Å². The fraction of sp³-hybridized carbons (Fsp3) is 0.0182. The van der Waals surface area contributed by atoms with E-state index in [2.05, 4.69) is 185 Å². The summed E-state index contributed by atoms with van der Waals surface area (Å²) < 4.78 is 16.4. The molecule has 1 unspecified atom stereocenters. The summed E-state index contributed by atoms with van der Waals surface area (Å²) in [7, 11) is 0. The molecule has 3 aliphatic carbocycles. The molecule has 58 heavy (non-hydrogen) atoms. The summed E-state index contributed by atoms with van der Waals surface area (Å²) in [6.07, 6.45) is 0. The number of halogens is 1. The Morgan fingerprint density at radius 1 is 0.379 bits per heavy atom. The van der Waals surface area contributed by atoms with Crippen LogP contribution in [0.4, 0.5) is 21.5 Å². The van der Waals surface area contributed by atoms with Crippen LogP contribution in [0.15, 0.2) is 200 Å². The van der Waals surface area contributed by atoms with Gasteiger partial charge in [-0.15, -0.1) is 0 Å². The summed E-state index contributed by atoms with van der Waals surface area (Å²) in [4.78, 5) is 2.32. The van der Waals surface area contributed by atoms with Crippen LogP contribution in [0.3, 0.4) is 0 Å². The van der Waals surface area contributed by atoms with Crippen LogP contribution in [0.5, 0.6) is 0 Å². The van der Waals surface area contributed by atoms with E-state index >= 15 is 0 Å². The van der Waals surface area contributed by atoms with Gasteiger partial charge in [0.25, 0.3) is 0 Å². The van der Waals surface area contributed by atoms with Gasteiger partial charge in [-0.2, -0.15) is 0 Å². The first-order valence-electron chi connectivity index (χ1n) is 20.0. The molecule has 0 amide bonds. The zero-order chi connectivity index (χ0) is 38.1. The molecule has 0 radical (unpaired) electrons. The van der Waals surface area contributed by atoms with Gasteiger partial charge in [0.1, 0.15) is 5.82 Å². The number of anilines is 3. The highest BCUT2D eigenvalue weighted by Crippen LogP contribution is 2.70. The first-order chi connectivity index (χ1) is 28.7. The molecule has 1 spiro atoms. The van der Waals surface area contributed by atoms with Crippen LogP contribution in [0, 0.1) is 5.82 Å². The number of hydrogen-bond donors (Lipinski definition) is 0. The van der Waals surface area contributed by atoms with Crippen molar-refractivity contribution in [2.45, 2.75) is 5.41 Å². The van der Waals surface area contributed by atoms with Crippen LogP contribution < -0.4 is 4.90 Å². The van der Waals surface area contributed by atoms with E-state index in [1.54, 1.807) is 0 Å². The monoisotopic (exact) mass is 740 g/mol. The second kappa shape index (κ2) is 11.5. The van der Waals surface area contributed by atoms with E-state index < -0.39 is 0 Å². The molecular weight excluding hydrogens is 708 g/mol. The molecule has 1 atom stereocenters. The van der Waals surface area contributed by atoms with Gasteiger partial charge >= 0.3 is 0 Å². The summed E-state index contributed by atoms with van der Waals surface area (Å²) in [6, 6.07) is 71.4. The van der Waals surface area contributed by atoms with E-state index in [-0.39, 0.29) is 11.2 Å². The van der Waals surface area contributed by atoms with Crippen molar-refractivity contribution in [3.63, 3.8) is 0 Å². The maximum Gasteiger partial charge on any atom is 0.123 e. The van der Waals surface area contributed by atoms with Crippen molar-refractivity contribution in [3.8, 4) is 50.2 Å². The molecule has 0 N–H and O–H groups in total. The van der Waals surface area contributed by atoms with Crippen LogP contribution in [0.1, 0.15) is 22.3 Å². The van der Waals surface area contributed by atoms with Gasteiger partial charge in [-0.25, -0.2) is 4.39 Å². The van der Waals surface area contributed by atoms with Crippen molar-refractivity contribution in [3.05, 3.63) is 228 Å². The van der Waals surface area contributed by atoms with E-state index in [9.17, 15) is 4.39 Å². The maximum atomic E-state index is 14.1. The van der Waals surface area contributed by atoms with E-state index in [4.69, 9.17) is 0 Å². The number of rotatable bonds is 5. The quantitative estimate of drug-likeness (QED) is 0.171. The molecule has 1 aromatic heterocycles. The Balaban J connectivity index is 0.954. The average molecular weight is 741 g/mol. The predicted octanol–water partition coefficient (Wildman–Crippen LogP) is 14.4. The smallest absolute Gasteiger partial charge is 0.123 e. The molecule has 3 aliphatic rings. The predicted molar refractivity (Wildman–Crippen MR) is 236 cm³/mol. The lowest BCUT2D eigenvalue weighted by Crippen LogP contribution is -2.23. The average Bonchev–Trinajstić information content (AvgIpc) is 3.98. The molecule has 0 saturated heterocycles. The Morgan fingerprint density at radius 2 is 0.948 bits per heavy atom. The molecule has 1 heterocycles. The fourth-order valence-electron chi connectivity index (χ4n) is 10.7. The van der Waals surface area contributed by atoms with Gasteiger partial charge in [-0.05, 0) is 140 Å². The van der Waals surface area contributed by atoms with Crippen molar-refractivity contribution in [2.75, 3.05) is 4.90 Å². The molecule has 3 heteroatoms. The lowest BCUT2D eigenvalue weighted by atomic mass is 9.73. The first kappa shape index (κ1) is 31.7. The largest absolute Gasteiger partial charge is 0.310 e. The number of benzene rings is 9. The number of fused-ring (bicyclic) bond motifs is 8. The fourth-order valence-corrected chi connectivity index (χ4v) is 10.7. The first-order valence-corrected chi connectivity index (χ1v) is 20.0. The Bertz CT molecular complexity index is 3300. The standard InChI is InChI=1S/C55H33FN2/c56-36-23-27-39(28-24-36)58-51-19-7-5-13-43(51)44-31-29-40(33-52(44)58)57(37-10-2-1-3-11-37)38-25-20-34(21-26-38)35-22-30-42-46-15-9-17-48-47-16-8-14-45-41-12-4-6-18-49(41)55(53(45)47,54(46)48)50(42)32-35/h1-33H. The third kappa shape index (κ3) is 4.05. The van der Waals surface area contributed by atoms with Crippen molar-refractivity contribution in [2.24, 2.45) is 0 Å². The second-order valence-electron chi connectivity index (χ2n) is 15.8. The van der Waals surface area contributed by atoms with Gasteiger partial charge in [0.05, 0.1) is 16.4 Å². The minimum atomic E-state index is -0.307. The highest BCUT2D eigenvalue weighted by Gasteiger charge is 2.57. The number of para-hydroxylation sites is 2. The van der Waals surface area contributed by atoms with E-state index in [1.165, 1.54) is 78.9 Å². The molecule has 0 saturated carbocycles. The van der Waals surface area contributed by atoms with Gasteiger partial charge < -0.3 is 9.47 Å². The minimum absolute atomic E-state index is 0.246. The molecule has 13 rings (SSSR count). The topological polar surface area (TPSA) is 8.17 Å². The van der Waals surface area contributed by atoms with Crippen LogP contribution in [0.2, 0.25) is 0 Å². The summed E-state index contributed by atoms with van der Waals surface area (Å²) in [5.41, 5.74) is 22.1. The van der Waals surface area contributed by atoms with Crippen molar-refractivity contribution < 1.29 is 4.39 Å². The number of hydrogen-bond acceptors (Lipinski definition) is 1. The van der Waals surface area contributed by atoms with Crippen molar-refractivity contribution in [1.82, 2.24) is 4.57 Å². The van der Waals surface area contributed by atoms with E-state index in [0.717, 1.165) is 44.6 Å². The van der Waals surface area contributed by atoms with E-state index in [0.29, 0.717) is 0 Å². The van der Waals surface area contributed by atoms with Crippen molar-refractivity contribution in [1.29, 1.82) is 0 Å². The molecular formula is C55H33FN2. The number of aromatic nitrogens is 1. The highest BCUT2D eigenvalue weighted by atomic mass is 19.1. The van der Waals surface area contributed by atoms with Crippen LogP contribution in [0.25, 0.3) is 72.0 Å². The van der Waals surface area contributed by atoms with Gasteiger partial charge in [0.15, 0.2) is 0 Å². The normalized spacial score (nSPS) is 15.1. The molecule has 9 aromatic carbocycles. The lowest BCUT2D eigenvalue weighted by Gasteiger charge is -2.28. The summed E-state index contributed by atoms with van der Waals surface area (Å²) in [6.45, 7) is 0. The maximum absolute atomic E-state index is 14.1. The third-order valence-electron chi connectivity index (χ3n) is 13.0. The molecule has 0 aliphatic heterocycles.